The number of fused-ring (bicyclic) bond motifs is 1. The second-order valence-corrected chi connectivity index (χ2v) is 10.9. The maximum absolute atomic E-state index is 14.0. The van der Waals surface area contributed by atoms with Crippen molar-refractivity contribution in [2.75, 3.05) is 0 Å². The van der Waals surface area contributed by atoms with Gasteiger partial charge in [-0.05, 0) is 61.3 Å². The van der Waals surface area contributed by atoms with Crippen molar-refractivity contribution in [3.63, 3.8) is 0 Å². The molecule has 2 saturated carbocycles. The highest BCUT2D eigenvalue weighted by Crippen LogP contribution is 2.43. The Balaban J connectivity index is 1.40. The average Bonchev–Trinajstić information content (AvgIpc) is 3.71. The number of aromatic nitrogens is 4. The Morgan fingerprint density at radius 3 is 2.48 bits per heavy atom. The average molecular weight is 590 g/mol. The molecule has 2 atom stereocenters. The summed E-state index contributed by atoms with van der Waals surface area (Å²) in [7, 11) is 0. The van der Waals surface area contributed by atoms with Crippen LogP contribution in [0, 0.1) is 23.2 Å². The summed E-state index contributed by atoms with van der Waals surface area (Å²) < 4.78 is 67.2. The molecule has 2 fully saturated rings. The highest BCUT2D eigenvalue weighted by molar-refractivity contribution is 5.92. The van der Waals surface area contributed by atoms with E-state index in [1.165, 1.54) is 29.0 Å². The zero-order valence-corrected chi connectivity index (χ0v) is 22.4. The lowest BCUT2D eigenvalue weighted by Gasteiger charge is -2.33. The predicted octanol–water partition coefficient (Wildman–Crippen LogP) is 5.20. The molecular weight excluding hydrogens is 561 g/mol. The summed E-state index contributed by atoms with van der Waals surface area (Å²) in [6.45, 7) is 0. The summed E-state index contributed by atoms with van der Waals surface area (Å²) in [6, 6.07) is 5.12. The molecule has 222 valence electrons. The van der Waals surface area contributed by atoms with E-state index in [0.717, 1.165) is 12.8 Å². The molecule has 0 unspecified atom stereocenters. The van der Waals surface area contributed by atoms with Gasteiger partial charge in [-0.3, -0.25) is 14.6 Å². The van der Waals surface area contributed by atoms with E-state index in [9.17, 15) is 36.8 Å². The smallest absolute Gasteiger partial charge is 0.349 e. The lowest BCUT2D eigenvalue weighted by molar-refractivity contribution is -0.144. The molecule has 2 N–H and O–H groups in total. The first-order valence-electron chi connectivity index (χ1n) is 13.7. The number of pyridine rings is 1. The summed E-state index contributed by atoms with van der Waals surface area (Å²) in [4.78, 5) is 34.1. The maximum Gasteiger partial charge on any atom is 0.389 e. The number of halogens is 5. The number of carbonyl (C=O) groups excluding carboxylic acids is 2. The van der Waals surface area contributed by atoms with Crippen molar-refractivity contribution >= 4 is 17.5 Å². The molecular formula is C28H28F5N7O2. The Morgan fingerprint density at radius 2 is 1.81 bits per heavy atom. The molecule has 0 spiro atoms. The van der Waals surface area contributed by atoms with Gasteiger partial charge < -0.3 is 10.6 Å². The largest absolute Gasteiger partial charge is 0.389 e. The number of nitrogens with one attached hydrogen (secondary N) is 2. The highest BCUT2D eigenvalue weighted by atomic mass is 19.4. The minimum atomic E-state index is -4.44. The monoisotopic (exact) mass is 589 g/mol. The fraction of sp³-hybridized carbons (Fsp3) is 0.500. The van der Waals surface area contributed by atoms with Gasteiger partial charge in [0.25, 0.3) is 5.91 Å². The van der Waals surface area contributed by atoms with Crippen LogP contribution in [0.4, 0.5) is 22.0 Å². The molecule has 9 nitrogen and oxygen atoms in total. The Hall–Kier alpha value is -4.15. The van der Waals surface area contributed by atoms with Crippen molar-refractivity contribution in [2.24, 2.45) is 11.8 Å². The van der Waals surface area contributed by atoms with Gasteiger partial charge >= 0.3 is 6.18 Å². The van der Waals surface area contributed by atoms with Gasteiger partial charge in [0.2, 0.25) is 11.8 Å². The second kappa shape index (κ2) is 11.6. The molecule has 0 bridgehead atoms. The minimum Gasteiger partial charge on any atom is -0.349 e. The number of amides is 2. The minimum absolute atomic E-state index is 0.00194. The number of carbonyl (C=O) groups is 2. The molecule has 2 aliphatic carbocycles. The van der Waals surface area contributed by atoms with Crippen molar-refractivity contribution in [2.45, 2.75) is 75.5 Å². The van der Waals surface area contributed by atoms with E-state index in [0.29, 0.717) is 16.9 Å². The van der Waals surface area contributed by atoms with E-state index in [4.69, 9.17) is 0 Å². The van der Waals surface area contributed by atoms with Gasteiger partial charge in [0.1, 0.15) is 5.69 Å². The highest BCUT2D eigenvalue weighted by Gasteiger charge is 2.40. The number of rotatable bonds is 9. The third kappa shape index (κ3) is 7.18. The summed E-state index contributed by atoms with van der Waals surface area (Å²) in [5.74, 6) is -4.38. The Bertz CT molecular complexity index is 1500. The fourth-order valence-corrected chi connectivity index (χ4v) is 5.30. The standard InChI is InChI=1S/C28H28F5N7O2/c29-27(30)7-3-18(4-8-27)25(39-26(42)20-11-16(13-34)6-10-35-20)21-15-40-22(37-21)12-19(14-36-40)24(17-1-2-17)38-23(41)5-9-28(31,32)33/h6,10-12,14-15,17-18,24-25H,1-5,7-9H2,(H,38,41)(H,39,42)/t24-,25+/m1/s1. The third-order valence-electron chi connectivity index (χ3n) is 7.72. The van der Waals surface area contributed by atoms with E-state index < -0.39 is 48.8 Å². The van der Waals surface area contributed by atoms with Crippen LogP contribution >= 0.6 is 0 Å². The molecule has 0 aliphatic heterocycles. The number of hydrogen-bond donors (Lipinski definition) is 2. The van der Waals surface area contributed by atoms with Gasteiger partial charge in [0.15, 0.2) is 5.65 Å². The van der Waals surface area contributed by atoms with Crippen LogP contribution in [0.25, 0.3) is 5.65 Å². The van der Waals surface area contributed by atoms with Crippen LogP contribution in [0.5, 0.6) is 0 Å². The summed E-state index contributed by atoms with van der Waals surface area (Å²) in [5.41, 5.74) is 1.57. The molecule has 5 rings (SSSR count). The van der Waals surface area contributed by atoms with Crippen molar-refractivity contribution in [1.29, 1.82) is 5.26 Å². The summed E-state index contributed by atoms with van der Waals surface area (Å²) >= 11 is 0. The summed E-state index contributed by atoms with van der Waals surface area (Å²) in [5, 5.41) is 19.1. The molecule has 2 amide bonds. The Morgan fingerprint density at radius 1 is 1.10 bits per heavy atom. The Labute approximate surface area is 237 Å². The molecule has 14 heteroatoms. The van der Waals surface area contributed by atoms with Crippen molar-refractivity contribution < 1.29 is 31.5 Å². The van der Waals surface area contributed by atoms with E-state index in [1.807, 2.05) is 6.07 Å². The van der Waals surface area contributed by atoms with E-state index in [-0.39, 0.29) is 48.8 Å². The molecule has 0 saturated heterocycles. The molecule has 42 heavy (non-hydrogen) atoms. The third-order valence-corrected chi connectivity index (χ3v) is 7.72. The van der Waals surface area contributed by atoms with Gasteiger partial charge in [-0.15, -0.1) is 0 Å². The van der Waals surface area contributed by atoms with Crippen molar-refractivity contribution in [3.05, 3.63) is 59.3 Å². The number of imidazole rings is 1. The second-order valence-electron chi connectivity index (χ2n) is 10.9. The summed E-state index contributed by atoms with van der Waals surface area (Å²) in [6.07, 6.45) is -0.676. The normalized spacial score (nSPS) is 18.7. The zero-order chi connectivity index (χ0) is 30.1. The molecule has 3 heterocycles. The van der Waals surface area contributed by atoms with Crippen LogP contribution in [0.1, 0.15) is 90.8 Å². The van der Waals surface area contributed by atoms with E-state index in [1.54, 1.807) is 12.3 Å². The maximum atomic E-state index is 14.0. The van der Waals surface area contributed by atoms with Crippen molar-refractivity contribution in [3.8, 4) is 6.07 Å². The van der Waals surface area contributed by atoms with Gasteiger partial charge in [-0.25, -0.2) is 18.3 Å². The van der Waals surface area contributed by atoms with E-state index >= 15 is 0 Å². The molecule has 3 aromatic heterocycles. The fourth-order valence-electron chi connectivity index (χ4n) is 5.30. The number of nitrogens with zero attached hydrogens (tertiary/aromatic N) is 5. The van der Waals surface area contributed by atoms with Gasteiger partial charge in [0.05, 0.1) is 48.2 Å². The van der Waals surface area contributed by atoms with Crippen molar-refractivity contribution in [1.82, 2.24) is 30.2 Å². The van der Waals surface area contributed by atoms with Crippen LogP contribution in [0.15, 0.2) is 36.8 Å². The quantitative estimate of drug-likeness (QED) is 0.331. The molecule has 3 aromatic rings. The van der Waals surface area contributed by atoms with Crippen LogP contribution in [-0.2, 0) is 4.79 Å². The van der Waals surface area contributed by atoms with Crippen LogP contribution < -0.4 is 10.6 Å². The molecule has 2 aliphatic rings. The van der Waals surface area contributed by atoms with E-state index in [2.05, 4.69) is 25.7 Å². The molecule has 0 radical (unpaired) electrons. The lowest BCUT2D eigenvalue weighted by Crippen LogP contribution is -2.37. The topological polar surface area (TPSA) is 125 Å². The zero-order valence-electron chi connectivity index (χ0n) is 22.4. The van der Waals surface area contributed by atoms with Gasteiger partial charge in [-0.2, -0.15) is 23.5 Å². The lowest BCUT2D eigenvalue weighted by atomic mass is 9.81. The first-order valence-corrected chi connectivity index (χ1v) is 13.7. The molecule has 0 aromatic carbocycles. The van der Waals surface area contributed by atoms with Crippen LogP contribution in [-0.4, -0.2) is 43.5 Å². The number of nitriles is 1. The van der Waals surface area contributed by atoms with Crippen LogP contribution in [0.2, 0.25) is 0 Å². The number of alkyl halides is 5. The van der Waals surface area contributed by atoms with Gasteiger partial charge in [0, 0.05) is 25.5 Å². The first kappa shape index (κ1) is 29.3. The first-order chi connectivity index (χ1) is 19.9. The van der Waals surface area contributed by atoms with Gasteiger partial charge in [-0.1, -0.05) is 0 Å². The van der Waals surface area contributed by atoms with Crippen LogP contribution in [0.3, 0.4) is 0 Å². The predicted molar refractivity (Wildman–Crippen MR) is 138 cm³/mol. The Kier molecular flexibility index (Phi) is 8.12. The number of hydrogen-bond acceptors (Lipinski definition) is 6. The SMILES string of the molecule is N#Cc1ccnc(C(=O)N[C@H](c2cn3ncc([C@H](NC(=O)CCC(F)(F)F)C4CC4)cc3n2)C2CCC(F)(F)CC2)c1.